The first-order valence-corrected chi connectivity index (χ1v) is 13.7. The summed E-state index contributed by atoms with van der Waals surface area (Å²) in [5.74, 6) is 0.754. The van der Waals surface area contributed by atoms with E-state index in [0.717, 1.165) is 42.8 Å². The molecule has 1 fully saturated rings. The van der Waals surface area contributed by atoms with Crippen molar-refractivity contribution in [2.45, 2.75) is 45.1 Å². The largest absolute Gasteiger partial charge is 0.342 e. The van der Waals surface area contributed by atoms with E-state index in [1.807, 2.05) is 40.6 Å². The number of amides is 2. The third-order valence-electron chi connectivity index (χ3n) is 7.39. The number of fused-ring (bicyclic) bond motifs is 1. The second-order valence-electron chi connectivity index (χ2n) is 10.3. The Morgan fingerprint density at radius 2 is 1.69 bits per heavy atom. The molecule has 5 rings (SSSR count). The molecule has 2 amide bonds. The van der Waals surface area contributed by atoms with Gasteiger partial charge in [0.25, 0.3) is 5.91 Å². The normalized spacial score (nSPS) is 20.8. The summed E-state index contributed by atoms with van der Waals surface area (Å²) in [6, 6.07) is 22.3. The molecule has 0 saturated carbocycles. The van der Waals surface area contributed by atoms with E-state index in [2.05, 4.69) is 55.1 Å². The third-order valence-corrected chi connectivity index (χ3v) is 8.34. The smallest absolute Gasteiger partial charge is 0.254 e. The Balaban J connectivity index is 1.42. The number of carbonyl (C=O) groups excluding carboxylic acids is 2. The minimum Gasteiger partial charge on any atom is -0.342 e. The van der Waals surface area contributed by atoms with Crippen LogP contribution in [0.25, 0.3) is 0 Å². The Morgan fingerprint density at radius 3 is 2.37 bits per heavy atom. The quantitative estimate of drug-likeness (QED) is 0.418. The highest BCUT2D eigenvalue weighted by atomic mass is 32.1. The van der Waals surface area contributed by atoms with Crippen LogP contribution < -0.4 is 0 Å². The van der Waals surface area contributed by atoms with Gasteiger partial charge in [-0.3, -0.25) is 9.59 Å². The molecule has 0 spiro atoms. The summed E-state index contributed by atoms with van der Waals surface area (Å²) in [6.45, 7) is 6.47. The maximum atomic E-state index is 14.2. The topological polar surface area (TPSA) is 40.6 Å². The summed E-state index contributed by atoms with van der Waals surface area (Å²) in [5, 5.41) is 2.05. The van der Waals surface area contributed by atoms with Crippen molar-refractivity contribution in [3.8, 4) is 0 Å². The van der Waals surface area contributed by atoms with E-state index < -0.39 is 0 Å². The highest BCUT2D eigenvalue weighted by molar-refractivity contribution is 7.10. The van der Waals surface area contributed by atoms with E-state index in [4.69, 9.17) is 0 Å². The van der Waals surface area contributed by atoms with E-state index in [9.17, 15) is 9.59 Å². The number of carbonyl (C=O) groups is 2. The molecular formula is C30H34N2O2S. The number of nitrogens with zero attached hydrogens (tertiary/aromatic N) is 2. The van der Waals surface area contributed by atoms with Crippen LogP contribution >= 0.6 is 11.3 Å². The first-order chi connectivity index (χ1) is 17.0. The standard InChI is InChI=1S/C30H34N2O2S/c1-21(2)20-32-28(26-13-8-18-35-26)27(24-11-6-7-12-25(24)29(32)33)30(34)31-16-14-23(15-17-31)19-22-9-4-3-5-10-22/h3-13,18,21,23,27-28H,14-17,19-20H2,1-2H3/t27-,28+/m0/s1. The Morgan fingerprint density at radius 1 is 0.971 bits per heavy atom. The van der Waals surface area contributed by atoms with Gasteiger partial charge in [-0.25, -0.2) is 0 Å². The van der Waals surface area contributed by atoms with Gasteiger partial charge in [-0.15, -0.1) is 11.3 Å². The van der Waals surface area contributed by atoms with Crippen LogP contribution in [0.15, 0.2) is 72.1 Å². The van der Waals surface area contributed by atoms with E-state index in [1.54, 1.807) is 11.3 Å². The molecule has 2 aromatic carbocycles. The monoisotopic (exact) mass is 486 g/mol. The Kier molecular flexibility index (Phi) is 7.05. The number of rotatable bonds is 6. The second-order valence-corrected chi connectivity index (χ2v) is 11.3. The molecule has 1 saturated heterocycles. The average Bonchev–Trinajstić information content (AvgIpc) is 3.41. The molecule has 3 heterocycles. The number of thiophene rings is 1. The molecule has 0 aliphatic carbocycles. The highest BCUT2D eigenvalue weighted by Gasteiger charge is 2.46. The van der Waals surface area contributed by atoms with Crippen LogP contribution in [0.1, 0.15) is 65.0 Å². The Labute approximate surface area is 212 Å². The van der Waals surface area contributed by atoms with Gasteiger partial charge in [-0.05, 0) is 59.7 Å². The molecule has 0 unspecified atom stereocenters. The van der Waals surface area contributed by atoms with Gasteiger partial charge >= 0.3 is 0 Å². The molecule has 4 nitrogen and oxygen atoms in total. The first-order valence-electron chi connectivity index (χ1n) is 12.8. The summed E-state index contributed by atoms with van der Waals surface area (Å²) in [7, 11) is 0. The zero-order valence-corrected chi connectivity index (χ0v) is 21.4. The minimum absolute atomic E-state index is 0.0401. The van der Waals surface area contributed by atoms with E-state index in [-0.39, 0.29) is 23.8 Å². The SMILES string of the molecule is CC(C)CN1C(=O)c2ccccc2[C@H](C(=O)N2CCC(Cc3ccccc3)CC2)[C@H]1c1cccs1. The van der Waals surface area contributed by atoms with Crippen molar-refractivity contribution < 1.29 is 9.59 Å². The predicted molar refractivity (Wildman–Crippen MR) is 142 cm³/mol. The van der Waals surface area contributed by atoms with Crippen molar-refractivity contribution in [1.82, 2.24) is 9.80 Å². The molecule has 3 aromatic rings. The van der Waals surface area contributed by atoms with Crippen molar-refractivity contribution in [2.75, 3.05) is 19.6 Å². The summed E-state index contributed by atoms with van der Waals surface area (Å²) in [5.41, 5.74) is 2.93. The fraction of sp³-hybridized carbons (Fsp3) is 0.400. The molecule has 35 heavy (non-hydrogen) atoms. The molecule has 182 valence electrons. The maximum absolute atomic E-state index is 14.2. The number of benzene rings is 2. The minimum atomic E-state index is -0.369. The lowest BCUT2D eigenvalue weighted by atomic mass is 9.80. The van der Waals surface area contributed by atoms with Crippen molar-refractivity contribution in [2.24, 2.45) is 11.8 Å². The highest BCUT2D eigenvalue weighted by Crippen LogP contribution is 2.45. The molecule has 5 heteroatoms. The van der Waals surface area contributed by atoms with E-state index >= 15 is 0 Å². The van der Waals surface area contributed by atoms with Gasteiger partial charge in [-0.1, -0.05) is 68.4 Å². The molecule has 0 bridgehead atoms. The van der Waals surface area contributed by atoms with Gasteiger partial charge in [0.15, 0.2) is 0 Å². The summed E-state index contributed by atoms with van der Waals surface area (Å²) in [6.07, 6.45) is 3.12. The van der Waals surface area contributed by atoms with Crippen LogP contribution in [0, 0.1) is 11.8 Å². The van der Waals surface area contributed by atoms with Gasteiger partial charge in [0.05, 0.1) is 12.0 Å². The van der Waals surface area contributed by atoms with E-state index in [1.165, 1.54) is 5.56 Å². The number of likely N-dealkylation sites (tertiary alicyclic amines) is 1. The van der Waals surface area contributed by atoms with Crippen molar-refractivity contribution in [1.29, 1.82) is 0 Å². The fourth-order valence-electron chi connectivity index (χ4n) is 5.73. The zero-order valence-electron chi connectivity index (χ0n) is 20.6. The second kappa shape index (κ2) is 10.4. The van der Waals surface area contributed by atoms with E-state index in [0.29, 0.717) is 23.9 Å². The zero-order chi connectivity index (χ0) is 24.4. The molecule has 2 atom stereocenters. The molecule has 2 aliphatic heterocycles. The Hall–Kier alpha value is -2.92. The maximum Gasteiger partial charge on any atom is 0.254 e. The van der Waals surface area contributed by atoms with Gasteiger partial charge in [0.2, 0.25) is 5.91 Å². The van der Waals surface area contributed by atoms with Gasteiger partial charge in [0, 0.05) is 30.1 Å². The lowest BCUT2D eigenvalue weighted by Gasteiger charge is -2.44. The number of piperidine rings is 1. The van der Waals surface area contributed by atoms with Gasteiger partial charge in [0.1, 0.15) is 0 Å². The van der Waals surface area contributed by atoms with Crippen LogP contribution in [-0.2, 0) is 11.2 Å². The molecule has 0 radical (unpaired) electrons. The lowest BCUT2D eigenvalue weighted by Crippen LogP contribution is -2.50. The summed E-state index contributed by atoms with van der Waals surface area (Å²) in [4.78, 5) is 33.0. The van der Waals surface area contributed by atoms with Crippen LogP contribution in [0.2, 0.25) is 0 Å². The molecular weight excluding hydrogens is 452 g/mol. The van der Waals surface area contributed by atoms with Crippen molar-refractivity contribution in [3.05, 3.63) is 93.7 Å². The predicted octanol–water partition coefficient (Wildman–Crippen LogP) is 6.17. The van der Waals surface area contributed by atoms with Crippen LogP contribution in [0.5, 0.6) is 0 Å². The third kappa shape index (κ3) is 4.92. The fourth-order valence-corrected chi connectivity index (χ4v) is 6.61. The molecule has 0 N–H and O–H groups in total. The van der Waals surface area contributed by atoms with Crippen LogP contribution in [0.4, 0.5) is 0 Å². The Bertz CT molecular complexity index is 1150. The lowest BCUT2D eigenvalue weighted by molar-refractivity contribution is -0.136. The first kappa shape index (κ1) is 23.8. The van der Waals surface area contributed by atoms with Crippen molar-refractivity contribution >= 4 is 23.2 Å². The van der Waals surface area contributed by atoms with Crippen LogP contribution in [0.3, 0.4) is 0 Å². The van der Waals surface area contributed by atoms with Crippen molar-refractivity contribution in [3.63, 3.8) is 0 Å². The van der Waals surface area contributed by atoms with Crippen LogP contribution in [-0.4, -0.2) is 41.2 Å². The average molecular weight is 487 g/mol. The summed E-state index contributed by atoms with van der Waals surface area (Å²) < 4.78 is 0. The number of hydrogen-bond acceptors (Lipinski definition) is 3. The summed E-state index contributed by atoms with van der Waals surface area (Å²) >= 11 is 1.64. The molecule has 1 aromatic heterocycles. The number of hydrogen-bond donors (Lipinski definition) is 0. The van der Waals surface area contributed by atoms with Gasteiger partial charge in [-0.2, -0.15) is 0 Å². The molecule has 2 aliphatic rings. The van der Waals surface area contributed by atoms with Gasteiger partial charge < -0.3 is 9.80 Å².